The van der Waals surface area contributed by atoms with E-state index in [1.807, 2.05) is 0 Å². The van der Waals surface area contributed by atoms with Crippen molar-refractivity contribution in [1.29, 1.82) is 0 Å². The summed E-state index contributed by atoms with van der Waals surface area (Å²) in [7, 11) is 0. The lowest BCUT2D eigenvalue weighted by molar-refractivity contribution is -0.385. The van der Waals surface area contributed by atoms with Crippen LogP contribution < -0.4 is 5.32 Å². The van der Waals surface area contributed by atoms with Crippen molar-refractivity contribution >= 4 is 11.6 Å². The Morgan fingerprint density at radius 3 is 2.79 bits per heavy atom. The summed E-state index contributed by atoms with van der Waals surface area (Å²) in [5.74, 6) is -0.812. The molecule has 1 amide bonds. The number of likely N-dealkylation sites (tertiary alicyclic amines) is 1. The number of nitrogens with one attached hydrogen (secondary N) is 1. The van der Waals surface area contributed by atoms with E-state index in [0.717, 1.165) is 44.1 Å². The van der Waals surface area contributed by atoms with Gasteiger partial charge in [0.1, 0.15) is 11.4 Å². The van der Waals surface area contributed by atoms with Gasteiger partial charge in [-0.3, -0.25) is 14.9 Å². The molecule has 0 aromatic heterocycles. The number of nitro groups is 1. The third-order valence-electron chi connectivity index (χ3n) is 4.24. The van der Waals surface area contributed by atoms with Crippen LogP contribution >= 0.6 is 0 Å². The van der Waals surface area contributed by atoms with Crippen LogP contribution in [0.15, 0.2) is 18.2 Å². The van der Waals surface area contributed by atoms with Crippen molar-refractivity contribution in [2.24, 2.45) is 5.92 Å². The van der Waals surface area contributed by atoms with Gasteiger partial charge in [0.2, 0.25) is 0 Å². The van der Waals surface area contributed by atoms with Gasteiger partial charge in [0.05, 0.1) is 11.0 Å². The Morgan fingerprint density at radius 2 is 2.17 bits per heavy atom. The van der Waals surface area contributed by atoms with E-state index in [1.165, 1.54) is 0 Å². The summed E-state index contributed by atoms with van der Waals surface area (Å²) in [5.41, 5.74) is -0.813. The molecule has 0 radical (unpaired) electrons. The molecule has 8 heteroatoms. The van der Waals surface area contributed by atoms with E-state index < -0.39 is 28.4 Å². The number of aliphatic hydroxyl groups is 1. The zero-order valence-corrected chi connectivity index (χ0v) is 13.6. The van der Waals surface area contributed by atoms with E-state index in [9.17, 15) is 24.4 Å². The molecule has 1 unspecified atom stereocenters. The van der Waals surface area contributed by atoms with Gasteiger partial charge >= 0.3 is 0 Å². The summed E-state index contributed by atoms with van der Waals surface area (Å²) in [6.07, 6.45) is 1.37. The Morgan fingerprint density at radius 1 is 1.50 bits per heavy atom. The van der Waals surface area contributed by atoms with Crippen molar-refractivity contribution in [3.8, 4) is 0 Å². The molecular formula is C16H22FN3O4. The summed E-state index contributed by atoms with van der Waals surface area (Å²) in [5, 5.41) is 23.4. The number of hydrogen-bond donors (Lipinski definition) is 2. The molecule has 7 nitrogen and oxygen atoms in total. The van der Waals surface area contributed by atoms with Gasteiger partial charge in [0.25, 0.3) is 11.6 Å². The van der Waals surface area contributed by atoms with Gasteiger partial charge in [-0.1, -0.05) is 6.92 Å². The van der Waals surface area contributed by atoms with Gasteiger partial charge in [0, 0.05) is 19.2 Å². The molecule has 0 aliphatic carbocycles. The Kier molecular flexibility index (Phi) is 6.22. The number of amides is 1. The number of benzene rings is 1. The highest BCUT2D eigenvalue weighted by atomic mass is 19.1. The van der Waals surface area contributed by atoms with Crippen LogP contribution in [0.5, 0.6) is 0 Å². The summed E-state index contributed by atoms with van der Waals surface area (Å²) in [6.45, 7) is 4.39. The first-order chi connectivity index (χ1) is 11.4. The minimum Gasteiger partial charge on any atom is -0.390 e. The fourth-order valence-electron chi connectivity index (χ4n) is 2.76. The second-order valence-corrected chi connectivity index (χ2v) is 6.27. The van der Waals surface area contributed by atoms with Crippen molar-refractivity contribution in [2.75, 3.05) is 26.2 Å². The Balaban J connectivity index is 1.88. The summed E-state index contributed by atoms with van der Waals surface area (Å²) < 4.78 is 13.3. The smallest absolute Gasteiger partial charge is 0.282 e. The number of rotatable bonds is 6. The van der Waals surface area contributed by atoms with Crippen LogP contribution in [0.4, 0.5) is 10.1 Å². The molecule has 1 aliphatic rings. The first-order valence-corrected chi connectivity index (χ1v) is 7.99. The fraction of sp³-hybridized carbons (Fsp3) is 0.562. The van der Waals surface area contributed by atoms with Crippen LogP contribution in [-0.2, 0) is 0 Å². The molecule has 1 atom stereocenters. The maximum Gasteiger partial charge on any atom is 0.282 e. The number of halogens is 1. The van der Waals surface area contributed by atoms with Crippen LogP contribution in [0, 0.1) is 21.8 Å². The largest absolute Gasteiger partial charge is 0.390 e. The Bertz CT molecular complexity index is 603. The summed E-state index contributed by atoms with van der Waals surface area (Å²) >= 11 is 0. The molecule has 0 spiro atoms. The van der Waals surface area contributed by atoms with Crippen molar-refractivity contribution in [1.82, 2.24) is 10.2 Å². The summed E-state index contributed by atoms with van der Waals surface area (Å²) in [6, 6.07) is 2.71. The second-order valence-electron chi connectivity index (χ2n) is 6.27. The number of piperidine rings is 1. The zero-order chi connectivity index (χ0) is 17.7. The number of nitrogens with zero attached hydrogens (tertiary/aromatic N) is 2. The van der Waals surface area contributed by atoms with Gasteiger partial charge in [-0.25, -0.2) is 4.39 Å². The van der Waals surface area contributed by atoms with E-state index >= 15 is 0 Å². The molecule has 0 bridgehead atoms. The predicted octanol–water partition coefficient (Wildman–Crippen LogP) is 1.56. The summed E-state index contributed by atoms with van der Waals surface area (Å²) in [4.78, 5) is 24.4. The van der Waals surface area contributed by atoms with E-state index in [-0.39, 0.29) is 12.1 Å². The molecule has 1 heterocycles. The van der Waals surface area contributed by atoms with Crippen LogP contribution in [-0.4, -0.2) is 53.1 Å². The van der Waals surface area contributed by atoms with E-state index in [2.05, 4.69) is 17.1 Å². The highest BCUT2D eigenvalue weighted by molar-refractivity contribution is 5.98. The monoisotopic (exact) mass is 339 g/mol. The van der Waals surface area contributed by atoms with Crippen LogP contribution in [0.3, 0.4) is 0 Å². The van der Waals surface area contributed by atoms with Gasteiger partial charge in [0.15, 0.2) is 0 Å². The zero-order valence-electron chi connectivity index (χ0n) is 13.6. The number of hydrogen-bond acceptors (Lipinski definition) is 5. The molecular weight excluding hydrogens is 317 g/mol. The third kappa shape index (κ3) is 4.97. The van der Waals surface area contributed by atoms with E-state index in [4.69, 9.17) is 0 Å². The first kappa shape index (κ1) is 18.3. The normalized spacial score (nSPS) is 17.5. The van der Waals surface area contributed by atoms with Crippen molar-refractivity contribution in [3.05, 3.63) is 39.7 Å². The lowest BCUT2D eigenvalue weighted by Gasteiger charge is -2.31. The van der Waals surface area contributed by atoms with Gasteiger partial charge in [-0.05, 0) is 44.0 Å². The lowest BCUT2D eigenvalue weighted by Crippen LogP contribution is -2.43. The average Bonchev–Trinajstić information content (AvgIpc) is 2.54. The Labute approximate surface area is 139 Å². The molecule has 1 aromatic rings. The molecule has 1 aromatic carbocycles. The highest BCUT2D eigenvalue weighted by Crippen LogP contribution is 2.19. The van der Waals surface area contributed by atoms with E-state index in [1.54, 1.807) is 0 Å². The lowest BCUT2D eigenvalue weighted by atomic mass is 9.99. The molecule has 132 valence electrons. The number of carbonyl (C=O) groups is 1. The van der Waals surface area contributed by atoms with Crippen LogP contribution in [0.2, 0.25) is 0 Å². The maximum atomic E-state index is 13.3. The molecule has 2 N–H and O–H groups in total. The molecule has 1 saturated heterocycles. The molecule has 1 fully saturated rings. The first-order valence-electron chi connectivity index (χ1n) is 7.99. The van der Waals surface area contributed by atoms with Crippen molar-refractivity contribution < 1.29 is 19.2 Å². The average molecular weight is 339 g/mol. The van der Waals surface area contributed by atoms with Gasteiger partial charge in [-0.15, -0.1) is 0 Å². The number of β-amino-alcohol motifs (C(OH)–C–C–N with tert-alkyl or cyclic N) is 1. The van der Waals surface area contributed by atoms with Crippen LogP contribution in [0.1, 0.15) is 30.1 Å². The number of carbonyl (C=O) groups excluding carboxylic acids is 1. The SMILES string of the molecule is CC1CCN(CC(O)CNC(=O)c2cc(F)ccc2[N+](=O)[O-])CC1. The highest BCUT2D eigenvalue weighted by Gasteiger charge is 2.22. The molecule has 24 heavy (non-hydrogen) atoms. The van der Waals surface area contributed by atoms with Crippen molar-refractivity contribution in [3.63, 3.8) is 0 Å². The third-order valence-corrected chi connectivity index (χ3v) is 4.24. The van der Waals surface area contributed by atoms with E-state index in [0.29, 0.717) is 12.5 Å². The minimum atomic E-state index is -0.782. The predicted molar refractivity (Wildman–Crippen MR) is 86.2 cm³/mol. The maximum absolute atomic E-state index is 13.3. The number of aliphatic hydroxyl groups excluding tert-OH is 1. The standard InChI is InChI=1S/C16H22FN3O4/c1-11-4-6-19(7-5-11)10-13(21)9-18-16(22)14-8-12(17)2-3-15(14)20(23)24/h2-3,8,11,13,21H,4-7,9-10H2,1H3,(H,18,22). The topological polar surface area (TPSA) is 95.7 Å². The second kappa shape index (κ2) is 8.16. The van der Waals surface area contributed by atoms with Gasteiger partial charge < -0.3 is 15.3 Å². The van der Waals surface area contributed by atoms with Crippen molar-refractivity contribution in [2.45, 2.75) is 25.9 Å². The van der Waals surface area contributed by atoms with Gasteiger partial charge in [-0.2, -0.15) is 0 Å². The quantitative estimate of drug-likeness (QED) is 0.606. The fourth-order valence-corrected chi connectivity index (χ4v) is 2.76. The molecule has 1 aliphatic heterocycles. The molecule has 0 saturated carbocycles. The minimum absolute atomic E-state index is 0.0431. The molecule has 2 rings (SSSR count). The Hall–Kier alpha value is -2.06. The van der Waals surface area contributed by atoms with Crippen LogP contribution in [0.25, 0.3) is 0 Å². The number of nitro benzene ring substituents is 1.